The number of hydrogen-bond acceptors (Lipinski definition) is 5. The molecular weight excluding hydrogens is 434 g/mol. The van der Waals surface area contributed by atoms with E-state index in [4.69, 9.17) is 37.1 Å². The van der Waals surface area contributed by atoms with Crippen LogP contribution in [0.5, 0.6) is 0 Å². The average Bonchev–Trinajstić information content (AvgIpc) is 2.78. The van der Waals surface area contributed by atoms with Crippen LogP contribution in [0.4, 0.5) is 11.4 Å². The van der Waals surface area contributed by atoms with Crippen LogP contribution in [0.3, 0.4) is 0 Å². The van der Waals surface area contributed by atoms with E-state index < -0.39 is 11.9 Å². The Kier molecular flexibility index (Phi) is 8.66. The minimum absolute atomic E-state index is 0.0254. The molecule has 2 aromatic rings. The van der Waals surface area contributed by atoms with Crippen LogP contribution in [0.1, 0.15) is 28.8 Å². The van der Waals surface area contributed by atoms with Crippen molar-refractivity contribution in [1.82, 2.24) is 4.90 Å². The summed E-state index contributed by atoms with van der Waals surface area (Å²) in [5.41, 5.74) is 9.10. The van der Waals surface area contributed by atoms with Gasteiger partial charge in [-0.05, 0) is 42.7 Å². The molecule has 170 valence electrons. The van der Waals surface area contributed by atoms with Crippen LogP contribution in [0.2, 0.25) is 5.02 Å². The molecule has 0 saturated carbocycles. The molecule has 4 N–H and O–H groups in total. The second-order valence-corrected chi connectivity index (χ2v) is 7.65. The van der Waals surface area contributed by atoms with E-state index in [2.05, 4.69) is 30.7 Å². The number of anilines is 2. The van der Waals surface area contributed by atoms with Crippen molar-refractivity contribution in [2.45, 2.75) is 18.9 Å². The number of amides is 1. The molecular formula is C23H26ClN3O5. The third-order valence-corrected chi connectivity index (χ3v) is 5.56. The van der Waals surface area contributed by atoms with Crippen LogP contribution in [-0.2, 0) is 9.59 Å². The monoisotopic (exact) mass is 459 g/mol. The molecule has 0 bridgehead atoms. The third-order valence-electron chi connectivity index (χ3n) is 5.24. The predicted molar refractivity (Wildman–Crippen MR) is 125 cm³/mol. The highest BCUT2D eigenvalue weighted by Gasteiger charge is 2.27. The van der Waals surface area contributed by atoms with E-state index in [9.17, 15) is 4.79 Å². The van der Waals surface area contributed by atoms with Gasteiger partial charge in [0.15, 0.2) is 0 Å². The lowest BCUT2D eigenvalue weighted by atomic mass is 10.0. The number of carboxylic acid groups (broad SMARTS) is 2. The van der Waals surface area contributed by atoms with Crippen LogP contribution in [-0.4, -0.2) is 59.1 Å². The number of nitrogens with zero attached hydrogens (tertiary/aromatic N) is 2. The molecule has 3 rings (SSSR count). The molecule has 1 aliphatic rings. The Hall–Kier alpha value is -3.52. The Morgan fingerprint density at radius 3 is 2.25 bits per heavy atom. The molecule has 1 fully saturated rings. The number of piperidine rings is 1. The predicted octanol–water partition coefficient (Wildman–Crippen LogP) is 3.46. The number of aliphatic carboxylic acids is 2. The zero-order chi connectivity index (χ0) is 23.8. The number of benzene rings is 2. The van der Waals surface area contributed by atoms with Gasteiger partial charge in [0.1, 0.15) is 0 Å². The lowest BCUT2D eigenvalue weighted by Crippen LogP contribution is -2.45. The molecule has 8 nitrogen and oxygen atoms in total. The maximum absolute atomic E-state index is 12.8. The average molecular weight is 460 g/mol. The summed E-state index contributed by atoms with van der Waals surface area (Å²) in [7, 11) is 2.11. The molecule has 2 aromatic carbocycles. The van der Waals surface area contributed by atoms with Gasteiger partial charge in [0, 0.05) is 37.6 Å². The van der Waals surface area contributed by atoms with E-state index in [1.165, 1.54) is 5.69 Å². The SMILES string of the molecule is C=Cc1ccccc1N(C)C1CCN(C(=O)c2ccc(N)cc2Cl)CC1.O=C(O)C(=O)O. The molecule has 9 heteroatoms. The number of carbonyl (C=O) groups excluding carboxylic acids is 1. The number of carbonyl (C=O) groups is 3. The molecule has 0 unspecified atom stereocenters. The van der Waals surface area contributed by atoms with Crippen LogP contribution in [0.15, 0.2) is 49.0 Å². The van der Waals surface area contributed by atoms with Crippen LogP contribution in [0.25, 0.3) is 6.08 Å². The van der Waals surface area contributed by atoms with Crippen molar-refractivity contribution < 1.29 is 24.6 Å². The van der Waals surface area contributed by atoms with Gasteiger partial charge in [0.05, 0.1) is 10.6 Å². The van der Waals surface area contributed by atoms with Crippen LogP contribution in [0, 0.1) is 0 Å². The summed E-state index contributed by atoms with van der Waals surface area (Å²) >= 11 is 6.19. The number of para-hydroxylation sites is 1. The molecule has 1 heterocycles. The van der Waals surface area contributed by atoms with Crippen molar-refractivity contribution >= 4 is 46.9 Å². The summed E-state index contributed by atoms with van der Waals surface area (Å²) in [5, 5.41) is 15.2. The smallest absolute Gasteiger partial charge is 0.414 e. The second-order valence-electron chi connectivity index (χ2n) is 7.25. The normalized spacial score (nSPS) is 13.5. The van der Waals surface area contributed by atoms with Gasteiger partial charge in [-0.15, -0.1) is 0 Å². The highest BCUT2D eigenvalue weighted by atomic mass is 35.5. The zero-order valence-corrected chi connectivity index (χ0v) is 18.5. The first-order valence-corrected chi connectivity index (χ1v) is 10.3. The maximum Gasteiger partial charge on any atom is 0.414 e. The Labute approximate surface area is 191 Å². The lowest BCUT2D eigenvalue weighted by molar-refractivity contribution is -0.159. The molecule has 1 saturated heterocycles. The Bertz CT molecular complexity index is 991. The Morgan fingerprint density at radius 1 is 1.12 bits per heavy atom. The first-order valence-electron chi connectivity index (χ1n) is 9.90. The van der Waals surface area contributed by atoms with Crippen molar-refractivity contribution in [3.8, 4) is 0 Å². The fourth-order valence-electron chi connectivity index (χ4n) is 3.51. The first kappa shape index (κ1) is 24.7. The minimum Gasteiger partial charge on any atom is -0.473 e. The fraction of sp³-hybridized carbons (Fsp3) is 0.261. The van der Waals surface area contributed by atoms with Gasteiger partial charge < -0.3 is 25.7 Å². The molecule has 0 aromatic heterocycles. The molecule has 0 aliphatic carbocycles. The molecule has 1 aliphatic heterocycles. The van der Waals surface area contributed by atoms with Crippen molar-refractivity contribution in [2.75, 3.05) is 30.8 Å². The van der Waals surface area contributed by atoms with E-state index in [0.717, 1.165) is 18.4 Å². The standard InChI is InChI=1S/C21H24ClN3O.C2H2O4/c1-3-15-6-4-5-7-20(15)24(2)17-10-12-25(13-11-17)21(26)18-9-8-16(23)14-19(18)22;3-1(4)2(5)6/h3-9,14,17H,1,10-13,23H2,2H3;(H,3,4)(H,5,6). The van der Waals surface area contributed by atoms with Gasteiger partial charge >= 0.3 is 11.9 Å². The van der Waals surface area contributed by atoms with Crippen LogP contribution >= 0.6 is 11.6 Å². The quantitative estimate of drug-likeness (QED) is 0.472. The van der Waals surface area contributed by atoms with Gasteiger partial charge in [-0.2, -0.15) is 0 Å². The molecule has 32 heavy (non-hydrogen) atoms. The van der Waals surface area contributed by atoms with E-state index in [-0.39, 0.29) is 5.91 Å². The van der Waals surface area contributed by atoms with Gasteiger partial charge in [-0.25, -0.2) is 9.59 Å². The van der Waals surface area contributed by atoms with Gasteiger partial charge in [0.25, 0.3) is 5.91 Å². The minimum atomic E-state index is -1.82. The number of carboxylic acids is 2. The van der Waals surface area contributed by atoms with E-state index in [1.54, 1.807) is 18.2 Å². The van der Waals surface area contributed by atoms with E-state index in [0.29, 0.717) is 35.4 Å². The first-order chi connectivity index (χ1) is 15.1. The van der Waals surface area contributed by atoms with E-state index in [1.807, 2.05) is 23.1 Å². The topological polar surface area (TPSA) is 124 Å². The maximum atomic E-state index is 12.8. The molecule has 1 amide bonds. The summed E-state index contributed by atoms with van der Waals surface area (Å²) in [6.45, 7) is 5.33. The summed E-state index contributed by atoms with van der Waals surface area (Å²) in [4.78, 5) is 35.1. The summed E-state index contributed by atoms with van der Waals surface area (Å²) < 4.78 is 0. The number of nitrogens with two attached hydrogens (primary N) is 1. The Balaban J connectivity index is 0.000000534. The third kappa shape index (κ3) is 6.24. The van der Waals surface area contributed by atoms with Crippen molar-refractivity contribution in [3.63, 3.8) is 0 Å². The van der Waals surface area contributed by atoms with E-state index >= 15 is 0 Å². The lowest BCUT2D eigenvalue weighted by Gasteiger charge is -2.38. The largest absolute Gasteiger partial charge is 0.473 e. The number of hydrogen-bond donors (Lipinski definition) is 3. The number of rotatable bonds is 4. The van der Waals surface area contributed by atoms with Crippen molar-refractivity contribution in [1.29, 1.82) is 0 Å². The number of nitrogen functional groups attached to an aromatic ring is 1. The molecule has 0 radical (unpaired) electrons. The molecule has 0 spiro atoms. The van der Waals surface area contributed by atoms with Crippen molar-refractivity contribution in [3.05, 3.63) is 65.2 Å². The van der Waals surface area contributed by atoms with Gasteiger partial charge in [-0.1, -0.05) is 42.5 Å². The van der Waals surface area contributed by atoms with Gasteiger partial charge in [-0.3, -0.25) is 4.79 Å². The van der Waals surface area contributed by atoms with Crippen molar-refractivity contribution in [2.24, 2.45) is 0 Å². The highest BCUT2D eigenvalue weighted by Crippen LogP contribution is 2.27. The number of likely N-dealkylation sites (tertiary alicyclic amines) is 1. The zero-order valence-electron chi connectivity index (χ0n) is 17.7. The summed E-state index contributed by atoms with van der Waals surface area (Å²) in [6.07, 6.45) is 3.72. The van der Waals surface area contributed by atoms with Gasteiger partial charge in [0.2, 0.25) is 0 Å². The summed E-state index contributed by atoms with van der Waals surface area (Å²) in [5.74, 6) is -3.67. The van der Waals surface area contributed by atoms with Crippen LogP contribution < -0.4 is 10.6 Å². The summed E-state index contributed by atoms with van der Waals surface area (Å²) in [6, 6.07) is 13.7. The Morgan fingerprint density at radius 2 is 1.72 bits per heavy atom. The highest BCUT2D eigenvalue weighted by molar-refractivity contribution is 6.34. The second kappa shape index (κ2) is 11.2. The fourth-order valence-corrected chi connectivity index (χ4v) is 3.78. The number of halogens is 1. The molecule has 0 atom stereocenters.